The van der Waals surface area contributed by atoms with E-state index in [1.165, 1.54) is 47.1 Å². The summed E-state index contributed by atoms with van der Waals surface area (Å²) in [6, 6.07) is 11.3. The van der Waals surface area contributed by atoms with Gasteiger partial charge in [0.2, 0.25) is 0 Å². The van der Waals surface area contributed by atoms with Crippen LogP contribution in [0.3, 0.4) is 0 Å². The molecule has 0 radical (unpaired) electrons. The van der Waals surface area contributed by atoms with Gasteiger partial charge in [-0.3, -0.25) is 0 Å². The lowest BCUT2D eigenvalue weighted by Gasteiger charge is -2.20. The van der Waals surface area contributed by atoms with Crippen LogP contribution in [0.4, 0.5) is 0 Å². The molecule has 0 bridgehead atoms. The van der Waals surface area contributed by atoms with Crippen LogP contribution < -0.4 is 10.1 Å². The van der Waals surface area contributed by atoms with E-state index >= 15 is 0 Å². The maximum Gasteiger partial charge on any atom is 0.137 e. The van der Waals surface area contributed by atoms with Crippen LogP contribution in [-0.4, -0.2) is 20.2 Å². The van der Waals surface area contributed by atoms with E-state index in [1.54, 1.807) is 7.11 Å². The average molecular weight is 364 g/mol. The third-order valence-electron chi connectivity index (χ3n) is 5.23. The van der Waals surface area contributed by atoms with Gasteiger partial charge in [0.25, 0.3) is 0 Å². The van der Waals surface area contributed by atoms with Gasteiger partial charge in [-0.05, 0) is 72.2 Å². The van der Waals surface area contributed by atoms with Crippen molar-refractivity contribution in [2.45, 2.75) is 31.6 Å². The number of halogens is 2. The number of nitrogens with one attached hydrogen (secondary N) is 1. The lowest BCUT2D eigenvalue weighted by Crippen LogP contribution is -2.21. The number of aryl methyl sites for hydroxylation is 2. The van der Waals surface area contributed by atoms with Crippen molar-refractivity contribution in [1.82, 2.24) is 5.32 Å². The van der Waals surface area contributed by atoms with Crippen molar-refractivity contribution in [2.24, 2.45) is 0 Å². The fraction of sp³-hybridized carbons (Fsp3) is 0.400. The smallest absolute Gasteiger partial charge is 0.137 e. The summed E-state index contributed by atoms with van der Waals surface area (Å²) in [6.07, 6.45) is 4.76. The van der Waals surface area contributed by atoms with Gasteiger partial charge in [-0.2, -0.15) is 0 Å². The van der Waals surface area contributed by atoms with Crippen LogP contribution in [0, 0.1) is 0 Å². The highest BCUT2D eigenvalue weighted by Crippen LogP contribution is 2.37. The molecule has 0 fully saturated rings. The summed E-state index contributed by atoms with van der Waals surface area (Å²) in [5.74, 6) is 1.14. The minimum absolute atomic E-state index is 0. The summed E-state index contributed by atoms with van der Waals surface area (Å²) in [5, 5.41) is 4.29. The van der Waals surface area contributed by atoms with Gasteiger partial charge in [0.1, 0.15) is 5.75 Å². The average Bonchev–Trinajstić information content (AvgIpc) is 2.94. The van der Waals surface area contributed by atoms with Crippen LogP contribution in [-0.2, 0) is 19.3 Å². The van der Waals surface area contributed by atoms with Crippen LogP contribution in [0.1, 0.15) is 40.2 Å². The number of ether oxygens (including phenoxy) is 1. The minimum atomic E-state index is 0. The van der Waals surface area contributed by atoms with Gasteiger partial charge in [0.05, 0.1) is 12.1 Å². The molecule has 128 valence electrons. The van der Waals surface area contributed by atoms with Gasteiger partial charge in [-0.25, -0.2) is 0 Å². The van der Waals surface area contributed by atoms with E-state index in [1.807, 2.05) is 0 Å². The standard InChI is InChI=1S/C20H22ClNO.ClH/c1-23-20-11-17-16(10-19(20)21)7-8-22-12-18(17)15-6-5-13-3-2-4-14(13)9-15;/h5-6,9-11,18,22H,2-4,7-8,12H2,1H3;1H. The number of hydrogen-bond donors (Lipinski definition) is 1. The van der Waals surface area contributed by atoms with Crippen LogP contribution >= 0.6 is 24.0 Å². The fourth-order valence-electron chi connectivity index (χ4n) is 3.99. The molecule has 1 atom stereocenters. The number of benzene rings is 2. The van der Waals surface area contributed by atoms with E-state index in [2.05, 4.69) is 35.6 Å². The van der Waals surface area contributed by atoms with Crippen molar-refractivity contribution in [3.05, 3.63) is 63.2 Å². The molecule has 2 aromatic carbocycles. The first-order valence-corrected chi connectivity index (χ1v) is 8.83. The molecule has 1 aliphatic carbocycles. The molecule has 1 heterocycles. The fourth-order valence-corrected chi connectivity index (χ4v) is 4.26. The third-order valence-corrected chi connectivity index (χ3v) is 5.53. The Labute approximate surface area is 155 Å². The molecular weight excluding hydrogens is 341 g/mol. The van der Waals surface area contributed by atoms with E-state index in [9.17, 15) is 0 Å². The Morgan fingerprint density at radius 3 is 2.71 bits per heavy atom. The zero-order valence-electron chi connectivity index (χ0n) is 13.9. The molecule has 0 amide bonds. The molecule has 0 saturated carbocycles. The molecule has 1 unspecified atom stereocenters. The second-order valence-electron chi connectivity index (χ2n) is 6.57. The van der Waals surface area contributed by atoms with E-state index < -0.39 is 0 Å². The maximum atomic E-state index is 6.34. The third kappa shape index (κ3) is 3.15. The molecule has 4 heteroatoms. The van der Waals surface area contributed by atoms with Crippen molar-refractivity contribution in [2.75, 3.05) is 20.2 Å². The molecular formula is C20H23Cl2NO. The van der Waals surface area contributed by atoms with Crippen molar-refractivity contribution >= 4 is 24.0 Å². The molecule has 2 aliphatic rings. The zero-order chi connectivity index (χ0) is 15.8. The summed E-state index contributed by atoms with van der Waals surface area (Å²) in [6.45, 7) is 1.97. The SMILES string of the molecule is COc1cc2c(cc1Cl)CCNCC2c1ccc2c(c1)CCC2.Cl. The molecule has 2 nitrogen and oxygen atoms in total. The van der Waals surface area contributed by atoms with Gasteiger partial charge in [-0.15, -0.1) is 12.4 Å². The van der Waals surface area contributed by atoms with Crippen molar-refractivity contribution in [3.8, 4) is 5.75 Å². The predicted octanol–water partition coefficient (Wildman–Crippen LogP) is 4.54. The first-order chi connectivity index (χ1) is 11.3. The summed E-state index contributed by atoms with van der Waals surface area (Å²) in [7, 11) is 1.69. The Morgan fingerprint density at radius 1 is 1.04 bits per heavy atom. The first-order valence-electron chi connectivity index (χ1n) is 8.45. The predicted molar refractivity (Wildman–Crippen MR) is 102 cm³/mol. The molecule has 0 aromatic heterocycles. The van der Waals surface area contributed by atoms with Gasteiger partial charge in [0, 0.05) is 12.5 Å². The number of rotatable bonds is 2. The highest BCUT2D eigenvalue weighted by Gasteiger charge is 2.23. The highest BCUT2D eigenvalue weighted by atomic mass is 35.5. The second kappa shape index (κ2) is 7.35. The van der Waals surface area contributed by atoms with E-state index in [4.69, 9.17) is 16.3 Å². The van der Waals surface area contributed by atoms with Gasteiger partial charge in [-0.1, -0.05) is 29.8 Å². The molecule has 1 N–H and O–H groups in total. The topological polar surface area (TPSA) is 21.3 Å². The van der Waals surface area contributed by atoms with Crippen LogP contribution in [0.15, 0.2) is 30.3 Å². The Bertz CT molecular complexity index is 745. The summed E-state index contributed by atoms with van der Waals surface area (Å²) in [4.78, 5) is 0. The zero-order valence-corrected chi connectivity index (χ0v) is 15.5. The lowest BCUT2D eigenvalue weighted by molar-refractivity contribution is 0.414. The van der Waals surface area contributed by atoms with E-state index in [0.717, 1.165) is 25.3 Å². The monoisotopic (exact) mass is 363 g/mol. The molecule has 1 aliphatic heterocycles. The molecule has 0 spiro atoms. The van der Waals surface area contributed by atoms with Crippen molar-refractivity contribution in [3.63, 3.8) is 0 Å². The lowest BCUT2D eigenvalue weighted by atomic mass is 9.86. The van der Waals surface area contributed by atoms with Crippen LogP contribution in [0.2, 0.25) is 5.02 Å². The summed E-state index contributed by atoms with van der Waals surface area (Å²) < 4.78 is 5.46. The van der Waals surface area contributed by atoms with Crippen LogP contribution in [0.5, 0.6) is 5.75 Å². The van der Waals surface area contributed by atoms with Gasteiger partial charge >= 0.3 is 0 Å². The van der Waals surface area contributed by atoms with Crippen molar-refractivity contribution < 1.29 is 4.74 Å². The number of fused-ring (bicyclic) bond motifs is 2. The molecule has 4 rings (SSSR count). The van der Waals surface area contributed by atoms with Crippen molar-refractivity contribution in [1.29, 1.82) is 0 Å². The molecule has 24 heavy (non-hydrogen) atoms. The normalized spacial score (nSPS) is 19.0. The number of hydrogen-bond acceptors (Lipinski definition) is 2. The largest absolute Gasteiger partial charge is 0.495 e. The molecule has 2 aromatic rings. The van der Waals surface area contributed by atoms with E-state index in [-0.39, 0.29) is 12.4 Å². The number of methoxy groups -OCH3 is 1. The maximum absolute atomic E-state index is 6.34. The quantitative estimate of drug-likeness (QED) is 0.845. The summed E-state index contributed by atoms with van der Waals surface area (Å²) >= 11 is 6.34. The Morgan fingerprint density at radius 2 is 1.88 bits per heavy atom. The highest BCUT2D eigenvalue weighted by molar-refractivity contribution is 6.32. The van der Waals surface area contributed by atoms with Gasteiger partial charge in [0.15, 0.2) is 0 Å². The Balaban J connectivity index is 0.00000169. The van der Waals surface area contributed by atoms with Gasteiger partial charge < -0.3 is 10.1 Å². The Kier molecular flexibility index (Phi) is 5.39. The molecule has 0 saturated heterocycles. The second-order valence-corrected chi connectivity index (χ2v) is 6.98. The first kappa shape index (κ1) is 17.6. The van der Waals surface area contributed by atoms with E-state index in [0.29, 0.717) is 10.9 Å². The minimum Gasteiger partial charge on any atom is -0.495 e. The van der Waals surface area contributed by atoms with Crippen LogP contribution in [0.25, 0.3) is 0 Å². The Hall–Kier alpha value is -1.22. The summed E-state index contributed by atoms with van der Waals surface area (Å²) in [5.41, 5.74) is 7.17.